The van der Waals surface area contributed by atoms with E-state index in [0.717, 1.165) is 5.56 Å². The van der Waals surface area contributed by atoms with Crippen LogP contribution in [-0.2, 0) is 11.3 Å². The number of carboxylic acids is 1. The molecule has 1 aromatic carbocycles. The number of carboxylic acid groups (broad SMARTS) is 1. The quantitative estimate of drug-likeness (QED) is 0.688. The molecule has 0 spiro atoms. The fourth-order valence-electron chi connectivity index (χ4n) is 2.45. The van der Waals surface area contributed by atoms with Crippen LogP contribution in [-0.4, -0.2) is 38.9 Å². The number of hydrogen-bond donors (Lipinski definition) is 2. The molecule has 0 bridgehead atoms. The summed E-state index contributed by atoms with van der Waals surface area (Å²) in [4.78, 5) is 11.3. The van der Waals surface area contributed by atoms with Gasteiger partial charge in [0, 0.05) is 24.7 Å². The minimum Gasteiger partial charge on any atom is -0.496 e. The first-order valence-electron chi connectivity index (χ1n) is 7.65. The maximum absolute atomic E-state index is 11.3. The summed E-state index contributed by atoms with van der Waals surface area (Å²) >= 11 is 0. The van der Waals surface area contributed by atoms with Gasteiger partial charge >= 0.3 is 5.97 Å². The van der Waals surface area contributed by atoms with Crippen molar-refractivity contribution in [2.45, 2.75) is 26.8 Å². The maximum Gasteiger partial charge on any atom is 0.307 e. The first-order chi connectivity index (χ1) is 10.9. The third kappa shape index (κ3) is 5.63. The van der Waals surface area contributed by atoms with Crippen molar-refractivity contribution >= 4 is 5.97 Å². The Balaban J connectivity index is 2.78. The molecule has 0 aromatic heterocycles. The third-order valence-electron chi connectivity index (χ3n) is 3.60. The zero-order chi connectivity index (χ0) is 17.4. The molecule has 1 rings (SSSR count). The lowest BCUT2D eigenvalue weighted by molar-refractivity contribution is -0.142. The molecule has 130 valence electrons. The van der Waals surface area contributed by atoms with E-state index in [1.54, 1.807) is 27.4 Å². The first kappa shape index (κ1) is 19.1. The van der Waals surface area contributed by atoms with Gasteiger partial charge in [0.1, 0.15) is 5.75 Å². The fourth-order valence-corrected chi connectivity index (χ4v) is 2.45. The Hall–Kier alpha value is -1.95. The van der Waals surface area contributed by atoms with E-state index < -0.39 is 11.9 Å². The highest BCUT2D eigenvalue weighted by Gasteiger charge is 2.19. The molecule has 2 N–H and O–H groups in total. The second kappa shape index (κ2) is 9.25. The summed E-state index contributed by atoms with van der Waals surface area (Å²) in [5.41, 5.74) is 0.888. The van der Waals surface area contributed by atoms with E-state index >= 15 is 0 Å². The van der Waals surface area contributed by atoms with E-state index in [1.165, 1.54) is 0 Å². The number of aliphatic carboxylic acids is 1. The Morgan fingerprint density at radius 1 is 1.09 bits per heavy atom. The molecule has 23 heavy (non-hydrogen) atoms. The van der Waals surface area contributed by atoms with Gasteiger partial charge in [0.25, 0.3) is 0 Å². The van der Waals surface area contributed by atoms with Gasteiger partial charge in [0.15, 0.2) is 11.5 Å². The van der Waals surface area contributed by atoms with Gasteiger partial charge in [0.2, 0.25) is 0 Å². The lowest BCUT2D eigenvalue weighted by Crippen LogP contribution is -2.29. The molecule has 1 atom stereocenters. The number of benzene rings is 1. The molecule has 0 saturated carbocycles. The number of methoxy groups -OCH3 is 3. The van der Waals surface area contributed by atoms with Gasteiger partial charge in [-0.2, -0.15) is 0 Å². The molecule has 6 heteroatoms. The highest BCUT2D eigenvalue weighted by molar-refractivity contribution is 5.70. The topological polar surface area (TPSA) is 77.0 Å². The molecule has 0 saturated heterocycles. The standard InChI is InChI=1S/C17H27NO5/c1-11(2)6-13(17(19)20)10-18-9-12-7-15(22-4)16(23-5)8-14(12)21-3/h7-8,11,13,18H,6,9-10H2,1-5H3,(H,19,20). The van der Waals surface area contributed by atoms with Gasteiger partial charge in [-0.1, -0.05) is 13.8 Å². The predicted molar refractivity (Wildman–Crippen MR) is 88.4 cm³/mol. The Morgan fingerprint density at radius 3 is 2.13 bits per heavy atom. The number of carbonyl (C=O) groups is 1. The Kier molecular flexibility index (Phi) is 7.68. The van der Waals surface area contributed by atoms with Crippen LogP contribution in [0.4, 0.5) is 0 Å². The molecule has 0 amide bonds. The Bertz CT molecular complexity index is 516. The SMILES string of the molecule is COc1cc(OC)c(OC)cc1CNCC(CC(C)C)C(=O)O. The number of rotatable bonds is 10. The molecule has 0 radical (unpaired) electrons. The minimum absolute atomic E-state index is 0.341. The van der Waals surface area contributed by atoms with Crippen LogP contribution in [0.3, 0.4) is 0 Å². The van der Waals surface area contributed by atoms with Gasteiger partial charge in [-0.3, -0.25) is 4.79 Å². The average molecular weight is 325 g/mol. The van der Waals surface area contributed by atoms with Gasteiger partial charge < -0.3 is 24.6 Å². The zero-order valence-electron chi connectivity index (χ0n) is 14.5. The van der Waals surface area contributed by atoms with Crippen LogP contribution in [0.2, 0.25) is 0 Å². The molecule has 0 aliphatic rings. The average Bonchev–Trinajstić information content (AvgIpc) is 2.52. The monoisotopic (exact) mass is 325 g/mol. The Labute approximate surface area is 137 Å². The Morgan fingerprint density at radius 2 is 1.65 bits per heavy atom. The zero-order valence-corrected chi connectivity index (χ0v) is 14.5. The third-order valence-corrected chi connectivity index (χ3v) is 3.60. The van der Waals surface area contributed by atoms with Gasteiger partial charge in [-0.25, -0.2) is 0 Å². The van der Waals surface area contributed by atoms with Crippen LogP contribution in [0.15, 0.2) is 12.1 Å². The van der Waals surface area contributed by atoms with Crippen molar-refractivity contribution in [3.8, 4) is 17.2 Å². The van der Waals surface area contributed by atoms with Crippen molar-refractivity contribution in [1.82, 2.24) is 5.32 Å². The maximum atomic E-state index is 11.3. The largest absolute Gasteiger partial charge is 0.496 e. The summed E-state index contributed by atoms with van der Waals surface area (Å²) in [5, 5.41) is 12.5. The van der Waals surface area contributed by atoms with Crippen LogP contribution in [0.1, 0.15) is 25.8 Å². The normalized spacial score (nSPS) is 12.1. The molecule has 0 aliphatic carbocycles. The number of hydrogen-bond acceptors (Lipinski definition) is 5. The summed E-state index contributed by atoms with van der Waals surface area (Å²) in [6.07, 6.45) is 0.644. The fraction of sp³-hybridized carbons (Fsp3) is 0.588. The van der Waals surface area contributed by atoms with Crippen molar-refractivity contribution in [3.05, 3.63) is 17.7 Å². The van der Waals surface area contributed by atoms with Crippen molar-refractivity contribution in [1.29, 1.82) is 0 Å². The van der Waals surface area contributed by atoms with Crippen LogP contribution < -0.4 is 19.5 Å². The van der Waals surface area contributed by atoms with Gasteiger partial charge in [-0.15, -0.1) is 0 Å². The van der Waals surface area contributed by atoms with E-state index in [0.29, 0.717) is 42.7 Å². The molecule has 6 nitrogen and oxygen atoms in total. The summed E-state index contributed by atoms with van der Waals surface area (Å²) < 4.78 is 15.9. The second-order valence-corrected chi connectivity index (χ2v) is 5.81. The molecule has 0 heterocycles. The summed E-state index contributed by atoms with van der Waals surface area (Å²) in [6, 6.07) is 3.60. The van der Waals surface area contributed by atoms with Crippen LogP contribution in [0.25, 0.3) is 0 Å². The smallest absolute Gasteiger partial charge is 0.307 e. The first-order valence-corrected chi connectivity index (χ1v) is 7.65. The van der Waals surface area contributed by atoms with Crippen LogP contribution in [0.5, 0.6) is 17.2 Å². The molecular formula is C17H27NO5. The second-order valence-electron chi connectivity index (χ2n) is 5.81. The highest BCUT2D eigenvalue weighted by Crippen LogP contribution is 2.34. The van der Waals surface area contributed by atoms with E-state index in [1.807, 2.05) is 19.9 Å². The van der Waals surface area contributed by atoms with E-state index in [9.17, 15) is 9.90 Å². The van der Waals surface area contributed by atoms with Crippen molar-refractivity contribution in [2.24, 2.45) is 11.8 Å². The molecule has 1 aromatic rings. The molecule has 0 aliphatic heterocycles. The van der Waals surface area contributed by atoms with E-state index in [2.05, 4.69) is 5.32 Å². The highest BCUT2D eigenvalue weighted by atomic mass is 16.5. The summed E-state index contributed by atoms with van der Waals surface area (Å²) in [5.74, 6) is 1.05. The van der Waals surface area contributed by atoms with E-state index in [4.69, 9.17) is 14.2 Å². The number of nitrogens with one attached hydrogen (secondary N) is 1. The summed E-state index contributed by atoms with van der Waals surface area (Å²) in [6.45, 7) is 4.94. The predicted octanol–water partition coefficient (Wildman–Crippen LogP) is 2.55. The lowest BCUT2D eigenvalue weighted by Gasteiger charge is -2.17. The van der Waals surface area contributed by atoms with Gasteiger partial charge in [0.05, 0.1) is 27.2 Å². The minimum atomic E-state index is -0.773. The molecule has 0 fully saturated rings. The van der Waals surface area contributed by atoms with Gasteiger partial charge in [-0.05, 0) is 18.4 Å². The lowest BCUT2D eigenvalue weighted by atomic mass is 9.97. The van der Waals surface area contributed by atoms with Crippen molar-refractivity contribution in [3.63, 3.8) is 0 Å². The van der Waals surface area contributed by atoms with Crippen molar-refractivity contribution in [2.75, 3.05) is 27.9 Å². The molecular weight excluding hydrogens is 298 g/mol. The number of ether oxygens (including phenoxy) is 3. The van der Waals surface area contributed by atoms with Crippen molar-refractivity contribution < 1.29 is 24.1 Å². The molecule has 1 unspecified atom stereocenters. The van der Waals surface area contributed by atoms with Crippen LogP contribution in [0, 0.1) is 11.8 Å². The van der Waals surface area contributed by atoms with Crippen LogP contribution >= 0.6 is 0 Å². The van der Waals surface area contributed by atoms with E-state index in [-0.39, 0.29) is 0 Å². The summed E-state index contributed by atoms with van der Waals surface area (Å²) in [7, 11) is 4.73.